The molecule has 15 heavy (non-hydrogen) atoms. The van der Waals surface area contributed by atoms with Crippen LogP contribution in [0.25, 0.3) is 0 Å². The number of nitrogens with two attached hydrogens (primary N) is 1. The van der Waals surface area contributed by atoms with Crippen LogP contribution in [0, 0.1) is 0 Å². The Morgan fingerprint density at radius 3 is 2.80 bits per heavy atom. The maximum absolute atomic E-state index is 11.5. The third-order valence-corrected chi connectivity index (χ3v) is 4.28. The summed E-state index contributed by atoms with van der Waals surface area (Å²) in [5, 5.41) is -0.346. The monoisotopic (exact) mass is 248 g/mol. The van der Waals surface area contributed by atoms with Crippen molar-refractivity contribution in [1.29, 1.82) is 0 Å². The van der Waals surface area contributed by atoms with Crippen LogP contribution in [0.2, 0.25) is 0 Å². The van der Waals surface area contributed by atoms with Crippen molar-refractivity contribution in [3.8, 4) is 0 Å². The van der Waals surface area contributed by atoms with Gasteiger partial charge in [0.05, 0.1) is 12.1 Å². The Balaban J connectivity index is 2.91. The van der Waals surface area contributed by atoms with E-state index in [4.69, 9.17) is 22.7 Å². The zero-order valence-electron chi connectivity index (χ0n) is 9.15. The van der Waals surface area contributed by atoms with Crippen molar-refractivity contribution in [3.63, 3.8) is 0 Å². The van der Waals surface area contributed by atoms with Gasteiger partial charge in [0.1, 0.15) is 0 Å². The first-order valence-electron chi connectivity index (χ1n) is 4.65. The first-order chi connectivity index (χ1) is 6.94. The second kappa shape index (κ2) is 4.67. The number of rotatable bonds is 2. The predicted octanol–water partition coefficient (Wildman–Crippen LogP) is 0.599. The second-order valence-electron chi connectivity index (χ2n) is 3.97. The fraction of sp³-hybridized carbons (Fsp3) is 0.778. The van der Waals surface area contributed by atoms with E-state index >= 15 is 0 Å². The molecule has 1 fully saturated rings. The van der Waals surface area contributed by atoms with Crippen LogP contribution >= 0.6 is 24.0 Å². The summed E-state index contributed by atoms with van der Waals surface area (Å²) in [5.41, 5.74) is 5.39. The molecule has 1 atom stereocenters. The molecule has 1 unspecified atom stereocenters. The molecule has 1 aliphatic heterocycles. The number of carbonyl (C=O) groups excluding carboxylic acids is 1. The summed E-state index contributed by atoms with van der Waals surface area (Å²) in [6, 6.07) is 0. The fourth-order valence-electron chi connectivity index (χ4n) is 1.59. The maximum Gasteiger partial charge on any atom is 0.339 e. The summed E-state index contributed by atoms with van der Waals surface area (Å²) in [4.78, 5) is 14.0. The van der Waals surface area contributed by atoms with Gasteiger partial charge in [-0.2, -0.15) is 0 Å². The highest BCUT2D eigenvalue weighted by Gasteiger charge is 2.45. The Morgan fingerprint density at radius 2 is 2.33 bits per heavy atom. The molecule has 0 aromatic rings. The van der Waals surface area contributed by atoms with E-state index in [1.807, 2.05) is 18.7 Å². The fourth-order valence-corrected chi connectivity index (χ4v) is 3.50. The van der Waals surface area contributed by atoms with E-state index in [0.29, 0.717) is 4.99 Å². The number of methoxy groups -OCH3 is 1. The number of carbonyl (C=O) groups is 1. The third-order valence-electron chi connectivity index (χ3n) is 2.33. The topological polar surface area (TPSA) is 55.6 Å². The van der Waals surface area contributed by atoms with Crippen LogP contribution in [0.3, 0.4) is 0 Å². The molecular weight excluding hydrogens is 232 g/mol. The Morgan fingerprint density at radius 1 is 1.73 bits per heavy atom. The molecule has 0 aromatic heterocycles. The van der Waals surface area contributed by atoms with Gasteiger partial charge in [0.15, 0.2) is 5.37 Å². The molecule has 0 radical (unpaired) electrons. The van der Waals surface area contributed by atoms with E-state index in [9.17, 15) is 4.79 Å². The van der Waals surface area contributed by atoms with Crippen molar-refractivity contribution >= 4 is 34.9 Å². The van der Waals surface area contributed by atoms with Crippen LogP contribution < -0.4 is 5.73 Å². The lowest BCUT2D eigenvalue weighted by atomic mass is 10.1. The molecule has 0 saturated carbocycles. The lowest BCUT2D eigenvalue weighted by Gasteiger charge is -2.35. The molecule has 1 saturated heterocycles. The van der Waals surface area contributed by atoms with Gasteiger partial charge in [-0.05, 0) is 13.8 Å². The summed E-state index contributed by atoms with van der Waals surface area (Å²) in [7, 11) is 1.39. The van der Waals surface area contributed by atoms with Crippen molar-refractivity contribution in [2.24, 2.45) is 5.73 Å². The average molecular weight is 248 g/mol. The van der Waals surface area contributed by atoms with Gasteiger partial charge in [-0.25, -0.2) is 4.79 Å². The summed E-state index contributed by atoms with van der Waals surface area (Å²) < 4.78 is 4.75. The van der Waals surface area contributed by atoms with E-state index in [-0.39, 0.29) is 23.4 Å². The molecule has 86 valence electrons. The summed E-state index contributed by atoms with van der Waals surface area (Å²) in [5.74, 6) is 0.578. The minimum atomic E-state index is -0.346. The maximum atomic E-state index is 11.5. The lowest BCUT2D eigenvalue weighted by molar-refractivity contribution is -0.142. The van der Waals surface area contributed by atoms with Crippen LogP contribution in [-0.4, -0.2) is 46.2 Å². The van der Waals surface area contributed by atoms with Gasteiger partial charge >= 0.3 is 5.97 Å². The van der Waals surface area contributed by atoms with Crippen molar-refractivity contribution in [2.75, 3.05) is 19.4 Å². The second-order valence-corrected chi connectivity index (χ2v) is 5.51. The van der Waals surface area contributed by atoms with Gasteiger partial charge in [-0.1, -0.05) is 12.2 Å². The number of hydrogen-bond acceptors (Lipinski definition) is 5. The minimum absolute atomic E-state index is 0.139. The largest absolute Gasteiger partial charge is 0.467 e. The van der Waals surface area contributed by atoms with Gasteiger partial charge in [-0.3, -0.25) is 0 Å². The Kier molecular flexibility index (Phi) is 3.97. The number of hydrogen-bond donors (Lipinski definition) is 1. The molecule has 1 rings (SSSR count). The van der Waals surface area contributed by atoms with E-state index in [0.717, 1.165) is 5.75 Å². The Hall–Kier alpha value is -0.330. The number of ether oxygens (including phenoxy) is 1. The summed E-state index contributed by atoms with van der Waals surface area (Å²) in [6.07, 6.45) is 0. The zero-order chi connectivity index (χ0) is 11.6. The zero-order valence-corrected chi connectivity index (χ0v) is 10.8. The normalized spacial score (nSPS) is 24.0. The molecule has 0 bridgehead atoms. The average Bonchev–Trinajstić information content (AvgIpc) is 2.52. The Labute approximate surface area is 99.5 Å². The smallest absolute Gasteiger partial charge is 0.339 e. The third kappa shape index (κ3) is 2.43. The SMILES string of the molecule is COC(=O)C1SCC(C)(C)N1C(=S)CN. The Bertz CT molecular complexity index is 281. The highest BCUT2D eigenvalue weighted by Crippen LogP contribution is 2.37. The standard InChI is InChI=1S/C9H16N2O2S2/c1-9(2)5-15-7(8(12)13-3)11(9)6(14)4-10/h7H,4-5,10H2,1-3H3. The molecule has 1 aliphatic rings. The van der Waals surface area contributed by atoms with E-state index in [1.165, 1.54) is 7.11 Å². The quantitative estimate of drug-likeness (QED) is 0.570. The number of nitrogens with zero attached hydrogens (tertiary/aromatic N) is 1. The van der Waals surface area contributed by atoms with E-state index in [2.05, 4.69) is 0 Å². The molecule has 0 spiro atoms. The molecule has 0 aliphatic carbocycles. The lowest BCUT2D eigenvalue weighted by Crippen LogP contribution is -2.51. The van der Waals surface area contributed by atoms with Gasteiger partial charge in [0, 0.05) is 17.8 Å². The van der Waals surface area contributed by atoms with Gasteiger partial charge in [0.2, 0.25) is 0 Å². The summed E-state index contributed by atoms with van der Waals surface area (Å²) >= 11 is 6.73. The molecular formula is C9H16N2O2S2. The highest BCUT2D eigenvalue weighted by molar-refractivity contribution is 8.01. The molecule has 6 heteroatoms. The van der Waals surface area contributed by atoms with Gasteiger partial charge in [-0.15, -0.1) is 11.8 Å². The van der Waals surface area contributed by atoms with Gasteiger partial charge in [0.25, 0.3) is 0 Å². The van der Waals surface area contributed by atoms with E-state index in [1.54, 1.807) is 11.8 Å². The number of thioether (sulfide) groups is 1. The number of esters is 1. The molecule has 0 amide bonds. The highest BCUT2D eigenvalue weighted by atomic mass is 32.2. The first kappa shape index (κ1) is 12.7. The first-order valence-corrected chi connectivity index (χ1v) is 6.11. The van der Waals surface area contributed by atoms with Crippen molar-refractivity contribution in [1.82, 2.24) is 4.90 Å². The van der Waals surface area contributed by atoms with Crippen LogP contribution in [0.1, 0.15) is 13.8 Å². The van der Waals surface area contributed by atoms with Crippen LogP contribution in [-0.2, 0) is 9.53 Å². The van der Waals surface area contributed by atoms with Crippen LogP contribution in [0.5, 0.6) is 0 Å². The van der Waals surface area contributed by atoms with Crippen molar-refractivity contribution in [2.45, 2.75) is 24.8 Å². The predicted molar refractivity (Wildman–Crippen MR) is 65.8 cm³/mol. The molecule has 4 nitrogen and oxygen atoms in total. The molecule has 2 N–H and O–H groups in total. The number of thiocarbonyl (C=S) groups is 1. The summed E-state index contributed by atoms with van der Waals surface area (Å²) in [6.45, 7) is 4.38. The van der Waals surface area contributed by atoms with E-state index < -0.39 is 0 Å². The van der Waals surface area contributed by atoms with Crippen LogP contribution in [0.4, 0.5) is 0 Å². The minimum Gasteiger partial charge on any atom is -0.467 e. The van der Waals surface area contributed by atoms with Crippen molar-refractivity contribution < 1.29 is 9.53 Å². The molecule has 1 heterocycles. The van der Waals surface area contributed by atoms with Crippen molar-refractivity contribution in [3.05, 3.63) is 0 Å². The van der Waals surface area contributed by atoms with Crippen LogP contribution in [0.15, 0.2) is 0 Å². The van der Waals surface area contributed by atoms with Gasteiger partial charge < -0.3 is 15.4 Å². The molecule has 0 aromatic carbocycles.